The summed E-state index contributed by atoms with van der Waals surface area (Å²) in [5.41, 5.74) is -0.0557. The van der Waals surface area contributed by atoms with Crippen LogP contribution in [-0.2, 0) is 14.0 Å². The van der Waals surface area contributed by atoms with E-state index in [0.29, 0.717) is 13.2 Å². The number of aliphatic imine (C=N–C) groups is 1. The van der Waals surface area contributed by atoms with Crippen molar-refractivity contribution in [2.45, 2.75) is 71.0 Å². The van der Waals surface area contributed by atoms with Gasteiger partial charge in [-0.1, -0.05) is 19.6 Å². The number of ether oxygens (including phenoxy) is 1. The lowest BCUT2D eigenvalue weighted by atomic mass is 9.80. The van der Waals surface area contributed by atoms with Crippen LogP contribution in [0.4, 0.5) is 0 Å². The molecule has 1 N–H and O–H groups in total. The minimum atomic E-state index is -1.07. The minimum absolute atomic E-state index is 0.303. The van der Waals surface area contributed by atoms with Crippen molar-refractivity contribution in [2.24, 2.45) is 4.99 Å². The molecule has 1 saturated heterocycles. The van der Waals surface area contributed by atoms with Gasteiger partial charge in [-0.3, -0.25) is 4.99 Å². The van der Waals surface area contributed by atoms with Gasteiger partial charge in [-0.05, 0) is 33.7 Å². The Morgan fingerprint density at radius 1 is 1.18 bits per heavy atom. The molecule has 1 aliphatic heterocycles. The van der Waals surface area contributed by atoms with Gasteiger partial charge >= 0.3 is 7.12 Å². The predicted octanol–water partition coefficient (Wildman–Crippen LogP) is 3.41. The third-order valence-corrected chi connectivity index (χ3v) is 5.90. The molecule has 0 amide bonds. The highest BCUT2D eigenvalue weighted by atomic mass is 28.3. The molecule has 1 fully saturated rings. The Morgan fingerprint density at radius 2 is 1.73 bits per heavy atom. The maximum absolute atomic E-state index is 7.34. The van der Waals surface area contributed by atoms with Gasteiger partial charge in [0, 0.05) is 27.3 Å². The monoisotopic (exact) mass is 326 g/mol. The summed E-state index contributed by atoms with van der Waals surface area (Å²) in [4.78, 5) is 4.45. The molecule has 0 spiro atoms. The molecule has 0 aromatic carbocycles. The van der Waals surface area contributed by atoms with E-state index in [1.807, 2.05) is 27.7 Å². The van der Waals surface area contributed by atoms with Gasteiger partial charge in [0.25, 0.3) is 0 Å². The number of hydrogen-bond donors (Lipinski definition) is 1. The van der Waals surface area contributed by atoms with Gasteiger partial charge in [-0.25, -0.2) is 0 Å². The Balaban J connectivity index is 2.59. The number of rotatable bonds is 8. The fourth-order valence-corrected chi connectivity index (χ4v) is 2.65. The summed E-state index contributed by atoms with van der Waals surface area (Å²) >= 11 is 0. The van der Waals surface area contributed by atoms with E-state index in [1.165, 1.54) is 6.21 Å². The summed E-state index contributed by atoms with van der Waals surface area (Å²) in [7, 11) is -1.57. The normalized spacial score (nSPS) is 21.2. The Kier molecular flexibility index (Phi) is 6.56. The second kappa shape index (κ2) is 7.38. The molecule has 0 saturated carbocycles. The Labute approximate surface area is 136 Å². The van der Waals surface area contributed by atoms with Crippen molar-refractivity contribution in [3.05, 3.63) is 0 Å². The van der Waals surface area contributed by atoms with Crippen molar-refractivity contribution in [3.8, 4) is 0 Å². The van der Waals surface area contributed by atoms with Gasteiger partial charge in [-0.15, -0.1) is 0 Å². The van der Waals surface area contributed by atoms with E-state index in [-0.39, 0.29) is 11.2 Å². The molecule has 0 aromatic heterocycles. The zero-order chi connectivity index (χ0) is 17.0. The number of nitrogens with zero attached hydrogens (tertiary/aromatic N) is 1. The smallest absolute Gasteiger partial charge is 0.399 e. The lowest BCUT2D eigenvalue weighted by Gasteiger charge is -2.32. The summed E-state index contributed by atoms with van der Waals surface area (Å²) in [5.74, 6) is 0. The van der Waals surface area contributed by atoms with Crippen LogP contribution in [0.1, 0.15) is 34.1 Å². The topological polar surface area (TPSA) is 63.9 Å². The van der Waals surface area contributed by atoms with E-state index in [4.69, 9.17) is 19.5 Å². The minimum Gasteiger partial charge on any atom is -0.399 e. The SMILES string of the molecule is CC1(C)OB(C(CC=N)=NCOCC[Si](C)(C)C)OC1(C)C. The van der Waals surface area contributed by atoms with E-state index in [1.54, 1.807) is 0 Å². The molecular formula is C15H31BN2O3Si. The average Bonchev–Trinajstić information content (AvgIpc) is 2.55. The van der Waals surface area contributed by atoms with Crippen LogP contribution in [-0.4, -0.2) is 51.6 Å². The molecule has 1 aliphatic rings. The molecular weight excluding hydrogens is 295 g/mol. The summed E-state index contributed by atoms with van der Waals surface area (Å²) in [5, 5.41) is 7.34. The molecule has 1 rings (SSSR count). The van der Waals surface area contributed by atoms with Crippen molar-refractivity contribution in [3.63, 3.8) is 0 Å². The fraction of sp³-hybridized carbons (Fsp3) is 0.867. The van der Waals surface area contributed by atoms with Gasteiger partial charge in [0.15, 0.2) is 0 Å². The van der Waals surface area contributed by atoms with Crippen LogP contribution >= 0.6 is 0 Å². The molecule has 0 atom stereocenters. The standard InChI is InChI=1S/C15H31BN2O3Si/c1-14(2)15(3,4)21-16(20-14)13(8-9-17)18-12-19-10-11-22(5,6)7/h9,17H,8,10-12H2,1-7H3. The van der Waals surface area contributed by atoms with E-state index < -0.39 is 15.2 Å². The van der Waals surface area contributed by atoms with E-state index in [0.717, 1.165) is 18.3 Å². The first-order valence-electron chi connectivity index (χ1n) is 7.94. The molecule has 7 heteroatoms. The third kappa shape index (κ3) is 5.61. The van der Waals surface area contributed by atoms with Crippen LogP contribution in [0.25, 0.3) is 0 Å². The fourth-order valence-electron chi connectivity index (χ4n) is 1.89. The average molecular weight is 326 g/mol. The number of nitrogens with one attached hydrogen (secondary N) is 1. The van der Waals surface area contributed by atoms with E-state index >= 15 is 0 Å². The van der Waals surface area contributed by atoms with Crippen LogP contribution < -0.4 is 0 Å². The highest BCUT2D eigenvalue weighted by molar-refractivity contribution is 6.83. The predicted molar refractivity (Wildman–Crippen MR) is 95.9 cm³/mol. The summed E-state index contributed by atoms with van der Waals surface area (Å²) in [6.45, 7) is 16.1. The molecule has 0 aromatic rings. The van der Waals surface area contributed by atoms with Crippen molar-refractivity contribution in [2.75, 3.05) is 13.3 Å². The number of hydrogen-bond acceptors (Lipinski definition) is 5. The molecule has 22 heavy (non-hydrogen) atoms. The quantitative estimate of drug-likeness (QED) is 0.422. The van der Waals surface area contributed by atoms with Crippen molar-refractivity contribution >= 4 is 27.0 Å². The zero-order valence-electron chi connectivity index (χ0n) is 15.2. The highest BCUT2D eigenvalue weighted by Gasteiger charge is 2.52. The molecule has 126 valence electrons. The largest absolute Gasteiger partial charge is 0.510 e. The van der Waals surface area contributed by atoms with E-state index in [9.17, 15) is 0 Å². The first kappa shape index (κ1) is 19.5. The summed E-state index contributed by atoms with van der Waals surface area (Å²) < 4.78 is 17.6. The molecule has 1 heterocycles. The second-order valence-electron chi connectivity index (χ2n) is 7.99. The van der Waals surface area contributed by atoms with Crippen molar-refractivity contribution < 1.29 is 14.0 Å². The van der Waals surface area contributed by atoms with Crippen LogP contribution in [0.2, 0.25) is 25.7 Å². The van der Waals surface area contributed by atoms with Crippen LogP contribution in [0.3, 0.4) is 0 Å². The molecule has 5 nitrogen and oxygen atoms in total. The maximum Gasteiger partial charge on any atom is 0.510 e. The first-order chi connectivity index (χ1) is 9.98. The van der Waals surface area contributed by atoms with Gasteiger partial charge in [0.05, 0.1) is 16.8 Å². The van der Waals surface area contributed by atoms with Gasteiger partial charge in [0.1, 0.15) is 6.73 Å². The van der Waals surface area contributed by atoms with Crippen LogP contribution in [0, 0.1) is 5.41 Å². The lowest BCUT2D eigenvalue weighted by Crippen LogP contribution is -2.41. The maximum atomic E-state index is 7.34. The lowest BCUT2D eigenvalue weighted by molar-refractivity contribution is 0.00578. The Hall–Kier alpha value is -0.498. The van der Waals surface area contributed by atoms with Crippen molar-refractivity contribution in [1.82, 2.24) is 0 Å². The summed E-state index contributed by atoms with van der Waals surface area (Å²) in [6.07, 6.45) is 1.75. The Morgan fingerprint density at radius 3 is 2.18 bits per heavy atom. The summed E-state index contributed by atoms with van der Waals surface area (Å²) in [6, 6.07) is 1.12. The van der Waals surface area contributed by atoms with Crippen LogP contribution in [0.5, 0.6) is 0 Å². The molecule has 0 aliphatic carbocycles. The molecule has 0 unspecified atom stereocenters. The van der Waals surface area contributed by atoms with Crippen molar-refractivity contribution in [1.29, 1.82) is 5.41 Å². The van der Waals surface area contributed by atoms with Gasteiger partial charge in [0.2, 0.25) is 0 Å². The van der Waals surface area contributed by atoms with Gasteiger partial charge in [-0.2, -0.15) is 0 Å². The zero-order valence-corrected chi connectivity index (χ0v) is 16.2. The van der Waals surface area contributed by atoms with E-state index in [2.05, 4.69) is 24.6 Å². The third-order valence-electron chi connectivity index (χ3n) is 4.19. The van der Waals surface area contributed by atoms with Gasteiger partial charge < -0.3 is 19.5 Å². The first-order valence-corrected chi connectivity index (χ1v) is 11.6. The van der Waals surface area contributed by atoms with Crippen LogP contribution in [0.15, 0.2) is 4.99 Å². The molecule has 0 radical (unpaired) electrons. The molecule has 0 bridgehead atoms. The highest BCUT2D eigenvalue weighted by Crippen LogP contribution is 2.37. The second-order valence-corrected chi connectivity index (χ2v) is 13.6. The Bertz CT molecular complexity index is 404.